The van der Waals surface area contributed by atoms with Crippen LogP contribution in [0.4, 0.5) is 10.5 Å². The fourth-order valence-corrected chi connectivity index (χ4v) is 4.86. The highest BCUT2D eigenvalue weighted by atomic mass is 127. The summed E-state index contributed by atoms with van der Waals surface area (Å²) in [5, 5.41) is 11.7. The summed E-state index contributed by atoms with van der Waals surface area (Å²) in [5.74, 6) is 0.506. The Hall–Kier alpha value is -3.84. The van der Waals surface area contributed by atoms with Crippen LogP contribution in [0.1, 0.15) is 27.4 Å². The van der Waals surface area contributed by atoms with Gasteiger partial charge in [0.25, 0.3) is 5.91 Å². The molecule has 8 heteroatoms. The van der Waals surface area contributed by atoms with Crippen LogP contribution in [-0.2, 0) is 9.53 Å². The summed E-state index contributed by atoms with van der Waals surface area (Å²) in [6.07, 6.45) is 4.63. The molecule has 0 fully saturated rings. The highest BCUT2D eigenvalue weighted by Gasteiger charge is 2.29. The maximum absolute atomic E-state index is 12.8. The van der Waals surface area contributed by atoms with E-state index in [9.17, 15) is 14.4 Å². The van der Waals surface area contributed by atoms with E-state index in [0.29, 0.717) is 9.26 Å². The lowest BCUT2D eigenvalue weighted by Crippen LogP contribution is -2.36. The van der Waals surface area contributed by atoms with Gasteiger partial charge in [-0.1, -0.05) is 54.5 Å². The van der Waals surface area contributed by atoms with Crippen LogP contribution in [0.3, 0.4) is 0 Å². The van der Waals surface area contributed by atoms with Gasteiger partial charge in [0.1, 0.15) is 13.2 Å². The molecule has 0 spiro atoms. The van der Waals surface area contributed by atoms with Gasteiger partial charge in [0, 0.05) is 20.7 Å². The topological polar surface area (TPSA) is 95.9 Å². The van der Waals surface area contributed by atoms with Gasteiger partial charge in [-0.2, -0.15) is 0 Å². The van der Waals surface area contributed by atoms with Gasteiger partial charge in [-0.3, -0.25) is 14.9 Å². The number of terminal acetylenes is 1. The molecular weight excluding hydrogens is 559 g/mol. The molecule has 1 aliphatic rings. The Kier molecular flexibility index (Phi) is 7.36. The molecule has 1 aliphatic carbocycles. The first-order chi connectivity index (χ1) is 16.9. The van der Waals surface area contributed by atoms with Crippen LogP contribution in [0.5, 0.6) is 0 Å². The van der Waals surface area contributed by atoms with Crippen molar-refractivity contribution in [2.75, 3.05) is 25.0 Å². The smallest absolute Gasteiger partial charge is 0.411 e. The summed E-state index contributed by atoms with van der Waals surface area (Å²) >= 11 is 2.01. The highest BCUT2D eigenvalue weighted by Crippen LogP contribution is 2.44. The number of halogens is 1. The average molecular weight is 580 g/mol. The van der Waals surface area contributed by atoms with E-state index in [0.717, 1.165) is 27.2 Å². The molecule has 0 radical (unpaired) electrons. The summed E-state index contributed by atoms with van der Waals surface area (Å²) in [6, 6.07) is 20.9. The fraction of sp³-hybridized carbons (Fsp3) is 0.148. The third-order valence-corrected chi connectivity index (χ3v) is 6.25. The minimum atomic E-state index is -1.17. The molecule has 176 valence electrons. The Balaban J connectivity index is 1.47. The van der Waals surface area contributed by atoms with E-state index >= 15 is 0 Å². The number of nitrogens with zero attached hydrogens (tertiary/aromatic N) is 1. The van der Waals surface area contributed by atoms with E-state index in [4.69, 9.17) is 16.3 Å². The molecule has 3 aromatic rings. The molecule has 2 N–H and O–H groups in total. The predicted molar refractivity (Wildman–Crippen MR) is 140 cm³/mol. The molecule has 35 heavy (non-hydrogen) atoms. The first-order valence-corrected chi connectivity index (χ1v) is 11.8. The van der Waals surface area contributed by atoms with Crippen LogP contribution in [0, 0.1) is 15.9 Å². The lowest BCUT2D eigenvalue weighted by atomic mass is 9.98. The number of amides is 2. The summed E-state index contributed by atoms with van der Waals surface area (Å²) in [5.41, 5.74) is 5.05. The Morgan fingerprint density at radius 3 is 2.26 bits per heavy atom. The van der Waals surface area contributed by atoms with Gasteiger partial charge < -0.3 is 14.7 Å². The summed E-state index contributed by atoms with van der Waals surface area (Å²) in [4.78, 5) is 37.6. The third-order valence-electron chi connectivity index (χ3n) is 5.63. The molecule has 0 aliphatic heterocycles. The van der Waals surface area contributed by atoms with Crippen molar-refractivity contribution in [2.45, 2.75) is 5.92 Å². The second-order valence-corrected chi connectivity index (χ2v) is 9.18. The first kappa shape index (κ1) is 24.3. The molecular formula is C27H21IN2O5. The Labute approximate surface area is 216 Å². The van der Waals surface area contributed by atoms with Gasteiger partial charge >= 0.3 is 12.1 Å². The minimum Gasteiger partial charge on any atom is -0.480 e. The lowest BCUT2D eigenvalue weighted by molar-refractivity contribution is -0.137. The van der Waals surface area contributed by atoms with E-state index in [-0.39, 0.29) is 24.6 Å². The number of rotatable bonds is 7. The predicted octanol–water partition coefficient (Wildman–Crippen LogP) is 4.81. The normalized spacial score (nSPS) is 11.7. The van der Waals surface area contributed by atoms with Gasteiger partial charge in [0.05, 0.1) is 6.54 Å². The molecule has 0 bridgehead atoms. The zero-order valence-corrected chi connectivity index (χ0v) is 20.7. The minimum absolute atomic E-state index is 0.0745. The zero-order valence-electron chi connectivity index (χ0n) is 18.5. The van der Waals surface area contributed by atoms with Gasteiger partial charge in [0.15, 0.2) is 0 Å². The maximum atomic E-state index is 12.8. The molecule has 0 atom stereocenters. The number of benzene rings is 3. The van der Waals surface area contributed by atoms with Crippen LogP contribution in [-0.4, -0.2) is 47.7 Å². The Morgan fingerprint density at radius 1 is 1.03 bits per heavy atom. The maximum Gasteiger partial charge on any atom is 0.411 e. The second-order valence-electron chi connectivity index (χ2n) is 7.94. The van der Waals surface area contributed by atoms with Crippen molar-refractivity contribution in [2.24, 2.45) is 0 Å². The van der Waals surface area contributed by atoms with Crippen molar-refractivity contribution >= 4 is 46.2 Å². The zero-order chi connectivity index (χ0) is 24.9. The van der Waals surface area contributed by atoms with E-state index in [1.54, 1.807) is 12.1 Å². The number of ether oxygens (including phenoxy) is 1. The van der Waals surface area contributed by atoms with Crippen molar-refractivity contribution in [3.05, 3.63) is 87.0 Å². The average Bonchev–Trinajstić information content (AvgIpc) is 3.15. The molecule has 4 rings (SSSR count). The second kappa shape index (κ2) is 10.6. The molecule has 0 aromatic heterocycles. The van der Waals surface area contributed by atoms with E-state index < -0.39 is 24.5 Å². The van der Waals surface area contributed by atoms with Crippen molar-refractivity contribution < 1.29 is 24.2 Å². The summed E-state index contributed by atoms with van der Waals surface area (Å²) in [6.45, 7) is -0.514. The van der Waals surface area contributed by atoms with E-state index in [1.165, 1.54) is 6.07 Å². The molecule has 0 unspecified atom stereocenters. The lowest BCUT2D eigenvalue weighted by Gasteiger charge is -2.19. The monoisotopic (exact) mass is 580 g/mol. The van der Waals surface area contributed by atoms with Gasteiger partial charge in [-0.15, -0.1) is 6.42 Å². The number of carboxylic acid groups (broad SMARTS) is 1. The van der Waals surface area contributed by atoms with Gasteiger partial charge in [-0.05, 0) is 63.0 Å². The van der Waals surface area contributed by atoms with Gasteiger partial charge in [-0.25, -0.2) is 4.79 Å². The van der Waals surface area contributed by atoms with Crippen LogP contribution in [0.2, 0.25) is 0 Å². The number of carbonyl (C=O) groups excluding carboxylic acids is 2. The number of carboxylic acids is 1. The van der Waals surface area contributed by atoms with Crippen LogP contribution < -0.4 is 5.32 Å². The van der Waals surface area contributed by atoms with Crippen molar-refractivity contribution in [1.29, 1.82) is 0 Å². The number of aliphatic carboxylic acids is 1. The molecule has 0 heterocycles. The van der Waals surface area contributed by atoms with Gasteiger partial charge in [0.2, 0.25) is 0 Å². The molecule has 0 saturated heterocycles. The first-order valence-electron chi connectivity index (χ1n) is 10.7. The fourth-order valence-electron chi connectivity index (χ4n) is 4.19. The largest absolute Gasteiger partial charge is 0.480 e. The number of carbonyl (C=O) groups is 3. The van der Waals surface area contributed by atoms with Crippen LogP contribution in [0.25, 0.3) is 11.1 Å². The number of anilines is 1. The highest BCUT2D eigenvalue weighted by molar-refractivity contribution is 14.1. The molecule has 7 nitrogen and oxygen atoms in total. The molecule has 2 amide bonds. The van der Waals surface area contributed by atoms with E-state index in [2.05, 4.69) is 23.4 Å². The van der Waals surface area contributed by atoms with Crippen LogP contribution >= 0.6 is 22.6 Å². The van der Waals surface area contributed by atoms with E-state index in [1.807, 2.05) is 59.0 Å². The van der Waals surface area contributed by atoms with Crippen molar-refractivity contribution in [1.82, 2.24) is 4.90 Å². The number of hydrogen-bond acceptors (Lipinski definition) is 4. The molecule has 0 saturated carbocycles. The summed E-state index contributed by atoms with van der Waals surface area (Å²) in [7, 11) is 0. The number of hydrogen-bond donors (Lipinski definition) is 2. The van der Waals surface area contributed by atoms with Crippen molar-refractivity contribution in [3.63, 3.8) is 0 Å². The van der Waals surface area contributed by atoms with Crippen molar-refractivity contribution in [3.8, 4) is 23.5 Å². The third kappa shape index (κ3) is 5.46. The standard InChI is InChI=1S/C27H21IN2O5/c1-2-11-30(15-25(31)32)26(33)17-12-18(28)14-19(13-17)29-27(34)35-16-24-22-9-5-3-7-20(22)21-8-4-6-10-23(21)24/h1,3-10,12-14,24H,11,15-16H2,(H,29,34)(H,31,32). The summed E-state index contributed by atoms with van der Waals surface area (Å²) < 4.78 is 6.25. The SMILES string of the molecule is C#CCN(CC(=O)O)C(=O)c1cc(I)cc(NC(=O)OCC2c3ccccc3-c3ccccc32)c1. The quantitative estimate of drug-likeness (QED) is 0.309. The number of nitrogens with one attached hydrogen (secondary N) is 1. The molecule has 3 aromatic carbocycles. The Bertz CT molecular complexity index is 1300. The Morgan fingerprint density at radius 2 is 1.66 bits per heavy atom. The number of fused-ring (bicyclic) bond motifs is 3. The van der Waals surface area contributed by atoms with Crippen LogP contribution in [0.15, 0.2) is 66.7 Å².